The number of carbonyl (C=O) groups is 2. The Morgan fingerprint density at radius 1 is 1.13 bits per heavy atom. The number of amides is 1. The number of aromatic nitrogens is 1. The molecule has 1 amide bonds. The van der Waals surface area contributed by atoms with Crippen molar-refractivity contribution in [3.63, 3.8) is 0 Å². The van der Waals surface area contributed by atoms with Crippen LogP contribution in [0.3, 0.4) is 0 Å². The molecule has 1 aromatic carbocycles. The monoisotopic (exact) mass is 481 g/mol. The van der Waals surface area contributed by atoms with E-state index >= 15 is 0 Å². The molecule has 2 atom stereocenters. The van der Waals surface area contributed by atoms with Gasteiger partial charge in [-0.1, -0.05) is 6.07 Å². The number of benzene rings is 1. The van der Waals surface area contributed by atoms with Crippen molar-refractivity contribution in [2.24, 2.45) is 10.9 Å². The highest BCUT2D eigenvalue weighted by Gasteiger charge is 2.43. The maximum atomic E-state index is 13.4. The smallest absolute Gasteiger partial charge is 0.255 e. The van der Waals surface area contributed by atoms with Gasteiger partial charge in [0, 0.05) is 40.0 Å². The predicted octanol–water partition coefficient (Wildman–Crippen LogP) is 4.39. The Morgan fingerprint density at radius 3 is 2.77 bits per heavy atom. The summed E-state index contributed by atoms with van der Waals surface area (Å²) in [5.74, 6) is 0.638. The number of rotatable bonds is 3. The number of ketones is 1. The number of hydrogen-bond donors (Lipinski definition) is 1. The summed E-state index contributed by atoms with van der Waals surface area (Å²) in [4.78, 5) is 35.3. The number of aliphatic imine (C=N–C) groups is 1. The molecule has 0 saturated heterocycles. The van der Waals surface area contributed by atoms with E-state index < -0.39 is 11.8 Å². The highest BCUT2D eigenvalue weighted by atomic mass is 79.9. The second-order valence-corrected chi connectivity index (χ2v) is 8.72. The Kier molecular flexibility index (Phi) is 5.09. The molecule has 158 valence electrons. The van der Waals surface area contributed by atoms with Gasteiger partial charge in [0.15, 0.2) is 11.5 Å². The van der Waals surface area contributed by atoms with Crippen LogP contribution >= 0.6 is 15.9 Å². The SMILES string of the molecule is CC1=C(C(=O)Nc2ccc(Br)cn2)[C@H](c2ccc3c(c2)OCO3)[C@H]2C(=O)CCCC2=N1. The van der Waals surface area contributed by atoms with Gasteiger partial charge in [0.2, 0.25) is 6.79 Å². The van der Waals surface area contributed by atoms with Crippen molar-refractivity contribution >= 4 is 39.1 Å². The lowest BCUT2D eigenvalue weighted by Crippen LogP contribution is -2.39. The molecule has 5 rings (SSSR count). The van der Waals surface area contributed by atoms with E-state index in [1.807, 2.05) is 25.1 Å². The van der Waals surface area contributed by atoms with Crippen molar-refractivity contribution in [1.82, 2.24) is 4.98 Å². The summed E-state index contributed by atoms with van der Waals surface area (Å²) >= 11 is 3.35. The summed E-state index contributed by atoms with van der Waals surface area (Å²) in [6.45, 7) is 1.99. The highest BCUT2D eigenvalue weighted by molar-refractivity contribution is 9.10. The molecular weight excluding hydrogens is 462 g/mol. The van der Waals surface area contributed by atoms with Gasteiger partial charge in [-0.25, -0.2) is 4.98 Å². The maximum Gasteiger partial charge on any atom is 0.255 e. The van der Waals surface area contributed by atoms with Crippen LogP contribution in [0.25, 0.3) is 0 Å². The number of halogens is 1. The van der Waals surface area contributed by atoms with E-state index in [9.17, 15) is 9.59 Å². The number of carbonyl (C=O) groups excluding carboxylic acids is 2. The van der Waals surface area contributed by atoms with Gasteiger partial charge in [-0.15, -0.1) is 0 Å². The molecule has 3 heterocycles. The largest absolute Gasteiger partial charge is 0.454 e. The molecule has 1 aliphatic carbocycles. The van der Waals surface area contributed by atoms with E-state index in [-0.39, 0.29) is 18.5 Å². The summed E-state index contributed by atoms with van der Waals surface area (Å²) in [6.07, 6.45) is 3.67. The molecule has 3 aliphatic rings. The molecule has 1 aromatic heterocycles. The molecule has 0 bridgehead atoms. The summed E-state index contributed by atoms with van der Waals surface area (Å²) in [5.41, 5.74) is 2.80. The Hall–Kier alpha value is -3.00. The van der Waals surface area contributed by atoms with E-state index in [4.69, 9.17) is 14.5 Å². The average Bonchev–Trinajstić information content (AvgIpc) is 3.22. The third-order valence-corrected chi connectivity index (χ3v) is 6.35. The molecule has 1 N–H and O–H groups in total. The van der Waals surface area contributed by atoms with Crippen LogP contribution in [0.1, 0.15) is 37.7 Å². The fraction of sp³-hybridized carbons (Fsp3) is 0.304. The minimum absolute atomic E-state index is 0.118. The Labute approximate surface area is 187 Å². The molecule has 0 spiro atoms. The van der Waals surface area contributed by atoms with Gasteiger partial charge < -0.3 is 14.8 Å². The van der Waals surface area contributed by atoms with Crippen molar-refractivity contribution in [1.29, 1.82) is 0 Å². The number of ether oxygens (including phenoxy) is 2. The van der Waals surface area contributed by atoms with E-state index in [0.717, 1.165) is 28.6 Å². The first-order chi connectivity index (χ1) is 15.0. The van der Waals surface area contributed by atoms with Crippen molar-refractivity contribution < 1.29 is 19.1 Å². The third-order valence-electron chi connectivity index (χ3n) is 5.88. The fourth-order valence-electron chi connectivity index (χ4n) is 4.52. The Morgan fingerprint density at radius 2 is 1.97 bits per heavy atom. The Balaban J connectivity index is 1.58. The van der Waals surface area contributed by atoms with Crippen molar-refractivity contribution in [2.75, 3.05) is 12.1 Å². The summed E-state index contributed by atoms with van der Waals surface area (Å²) < 4.78 is 11.8. The van der Waals surface area contributed by atoms with Crippen molar-refractivity contribution in [3.05, 3.63) is 57.8 Å². The van der Waals surface area contributed by atoms with Crippen molar-refractivity contribution in [3.8, 4) is 11.5 Å². The number of hydrogen-bond acceptors (Lipinski definition) is 6. The molecule has 1 fully saturated rings. The first kappa shape index (κ1) is 19.9. The zero-order valence-electron chi connectivity index (χ0n) is 16.9. The zero-order valence-corrected chi connectivity index (χ0v) is 18.4. The molecular formula is C23H20BrN3O4. The van der Waals surface area contributed by atoms with Gasteiger partial charge in [-0.2, -0.15) is 0 Å². The normalized spacial score (nSPS) is 22.1. The topological polar surface area (TPSA) is 89.9 Å². The zero-order chi connectivity index (χ0) is 21.5. The van der Waals surface area contributed by atoms with Gasteiger partial charge in [-0.05, 0) is 65.5 Å². The molecule has 2 aromatic rings. The molecule has 0 radical (unpaired) electrons. The van der Waals surface area contributed by atoms with Gasteiger partial charge in [0.25, 0.3) is 5.91 Å². The lowest BCUT2D eigenvalue weighted by Gasteiger charge is -2.36. The first-order valence-corrected chi connectivity index (χ1v) is 10.9. The molecule has 8 heteroatoms. The molecule has 1 saturated carbocycles. The van der Waals surface area contributed by atoms with Gasteiger partial charge in [0.1, 0.15) is 11.6 Å². The minimum atomic E-state index is -0.448. The van der Waals surface area contributed by atoms with Crippen LogP contribution in [0, 0.1) is 5.92 Å². The van der Waals surface area contributed by atoms with Gasteiger partial charge in [0.05, 0.1) is 5.92 Å². The number of nitrogens with one attached hydrogen (secondary N) is 1. The number of nitrogens with zero attached hydrogens (tertiary/aromatic N) is 2. The predicted molar refractivity (Wildman–Crippen MR) is 118 cm³/mol. The fourth-order valence-corrected chi connectivity index (χ4v) is 4.75. The summed E-state index contributed by atoms with van der Waals surface area (Å²) in [5, 5.41) is 2.87. The van der Waals surface area contributed by atoms with E-state index in [1.54, 1.807) is 18.3 Å². The lowest BCUT2D eigenvalue weighted by molar-refractivity contribution is -0.122. The number of anilines is 1. The minimum Gasteiger partial charge on any atom is -0.454 e. The van der Waals surface area contributed by atoms with Crippen LogP contribution in [0.2, 0.25) is 0 Å². The standard InChI is InChI=1S/C23H20BrN3O4/c1-12-20(23(29)27-19-8-6-14(24)10-25-19)21(22-15(26-12)3-2-4-16(22)28)13-5-7-17-18(9-13)31-11-30-17/h5-10,21-22H,2-4,11H2,1H3,(H,25,27,29)/t21-,22+/m0/s1. The highest BCUT2D eigenvalue weighted by Crippen LogP contribution is 2.45. The number of allylic oxidation sites excluding steroid dienone is 1. The quantitative estimate of drug-likeness (QED) is 0.701. The molecule has 2 aliphatic heterocycles. The van der Waals surface area contributed by atoms with Crippen LogP contribution in [-0.4, -0.2) is 29.2 Å². The molecule has 7 nitrogen and oxygen atoms in total. The Bertz CT molecular complexity index is 1140. The first-order valence-electron chi connectivity index (χ1n) is 10.1. The van der Waals surface area contributed by atoms with Crippen LogP contribution in [0.15, 0.2) is 57.3 Å². The van der Waals surface area contributed by atoms with Crippen LogP contribution in [0.5, 0.6) is 11.5 Å². The van der Waals surface area contributed by atoms with Gasteiger partial charge >= 0.3 is 0 Å². The van der Waals surface area contributed by atoms with Crippen LogP contribution in [0.4, 0.5) is 5.82 Å². The number of Topliss-reactive ketones (excluding diaryl/α,β-unsaturated/α-hetero) is 1. The third kappa shape index (κ3) is 3.65. The number of pyridine rings is 1. The summed E-state index contributed by atoms with van der Waals surface area (Å²) in [7, 11) is 0. The van der Waals surface area contributed by atoms with Gasteiger partial charge in [-0.3, -0.25) is 14.6 Å². The van der Waals surface area contributed by atoms with E-state index in [1.165, 1.54) is 0 Å². The van der Waals surface area contributed by atoms with Crippen LogP contribution in [-0.2, 0) is 9.59 Å². The average molecular weight is 482 g/mol. The maximum absolute atomic E-state index is 13.4. The summed E-state index contributed by atoms with van der Waals surface area (Å²) in [6, 6.07) is 9.13. The lowest BCUT2D eigenvalue weighted by atomic mass is 9.69. The van der Waals surface area contributed by atoms with E-state index in [0.29, 0.717) is 35.0 Å². The number of fused-ring (bicyclic) bond motifs is 2. The van der Waals surface area contributed by atoms with E-state index in [2.05, 4.69) is 26.2 Å². The second kappa shape index (κ2) is 7.92. The van der Waals surface area contributed by atoms with Crippen molar-refractivity contribution in [2.45, 2.75) is 32.1 Å². The molecule has 0 unspecified atom stereocenters. The molecule has 31 heavy (non-hydrogen) atoms. The van der Waals surface area contributed by atoms with Crippen LogP contribution < -0.4 is 14.8 Å². The second-order valence-electron chi connectivity index (χ2n) is 7.81.